The third-order valence-corrected chi connectivity index (χ3v) is 8.60. The van der Waals surface area contributed by atoms with Crippen molar-refractivity contribution in [2.45, 2.75) is 137 Å². The van der Waals surface area contributed by atoms with E-state index in [1.807, 2.05) is 0 Å². The predicted molar refractivity (Wildman–Crippen MR) is 160 cm³/mol. The van der Waals surface area contributed by atoms with Crippen LogP contribution in [0.2, 0.25) is 0 Å². The van der Waals surface area contributed by atoms with E-state index in [1.165, 1.54) is 96.8 Å². The van der Waals surface area contributed by atoms with Crippen molar-refractivity contribution >= 4 is 13.8 Å². The molecule has 2 atom stereocenters. The molecule has 1 unspecified atom stereocenters. The molecule has 234 valence electrons. The van der Waals surface area contributed by atoms with Gasteiger partial charge in [0.2, 0.25) is 0 Å². The minimum Gasteiger partial charge on any atom is -0.458 e. The molecular formula is C30H63NO7P+. The average Bonchev–Trinajstić information content (AvgIpc) is 2.90. The minimum atomic E-state index is -4.23. The first kappa shape index (κ1) is 38.5. The molecule has 0 bridgehead atoms. The summed E-state index contributed by atoms with van der Waals surface area (Å²) in [7, 11) is -2.16. The first-order valence-corrected chi connectivity index (χ1v) is 17.4. The fourth-order valence-electron chi connectivity index (χ4n) is 4.45. The molecule has 0 saturated heterocycles. The van der Waals surface area contributed by atoms with E-state index in [0.717, 1.165) is 30.4 Å². The molecule has 0 aromatic carbocycles. The summed E-state index contributed by atoms with van der Waals surface area (Å²) in [6.45, 7) is 10.7. The SMILES string of the molecule is CCCCCCCCCCCCCCCCCCOC[C@H](COP(=O)(O)OCC[N+](C)(CC)CC)OC(C)=O. The molecular weight excluding hydrogens is 517 g/mol. The standard InChI is InChI=1S/C30H62NO7P/c1-6-9-10-11-12-13-14-15-16-17-18-19-20-21-22-23-25-35-27-30(38-29(4)32)28-37-39(33,34)36-26-24-31(5,7-2)8-3/h30H,6-28H2,1-5H3/p+1/t30-/m1/s1. The van der Waals surface area contributed by atoms with E-state index >= 15 is 0 Å². The number of quaternary nitrogens is 1. The molecule has 1 N–H and O–H groups in total. The van der Waals surface area contributed by atoms with E-state index in [9.17, 15) is 14.3 Å². The second-order valence-corrected chi connectivity index (χ2v) is 12.6. The maximum atomic E-state index is 12.2. The highest BCUT2D eigenvalue weighted by atomic mass is 31.2. The van der Waals surface area contributed by atoms with Crippen molar-refractivity contribution in [3.63, 3.8) is 0 Å². The van der Waals surface area contributed by atoms with Gasteiger partial charge < -0.3 is 18.9 Å². The lowest BCUT2D eigenvalue weighted by molar-refractivity contribution is -0.906. The lowest BCUT2D eigenvalue weighted by Gasteiger charge is -2.32. The molecule has 0 aliphatic carbocycles. The molecule has 0 aliphatic heterocycles. The van der Waals surface area contributed by atoms with Gasteiger partial charge in [-0.3, -0.25) is 13.8 Å². The second kappa shape index (κ2) is 25.2. The molecule has 0 heterocycles. The van der Waals surface area contributed by atoms with Crippen LogP contribution in [-0.2, 0) is 27.9 Å². The maximum Gasteiger partial charge on any atom is 0.472 e. The summed E-state index contributed by atoms with van der Waals surface area (Å²) in [6.07, 6.45) is 20.3. The van der Waals surface area contributed by atoms with Gasteiger partial charge in [-0.1, -0.05) is 103 Å². The summed E-state index contributed by atoms with van der Waals surface area (Å²) >= 11 is 0. The number of phosphoric ester groups is 1. The van der Waals surface area contributed by atoms with Gasteiger partial charge in [-0.15, -0.1) is 0 Å². The zero-order chi connectivity index (χ0) is 29.2. The number of carbonyl (C=O) groups is 1. The topological polar surface area (TPSA) is 91.3 Å². The van der Waals surface area contributed by atoms with Crippen LogP contribution in [0.25, 0.3) is 0 Å². The monoisotopic (exact) mass is 580 g/mol. The van der Waals surface area contributed by atoms with Crippen LogP contribution in [0.15, 0.2) is 0 Å². The van der Waals surface area contributed by atoms with Crippen molar-refractivity contribution in [2.24, 2.45) is 0 Å². The van der Waals surface area contributed by atoms with Crippen LogP contribution in [0.3, 0.4) is 0 Å². The van der Waals surface area contributed by atoms with Crippen LogP contribution >= 0.6 is 7.82 Å². The van der Waals surface area contributed by atoms with Gasteiger partial charge >= 0.3 is 13.8 Å². The van der Waals surface area contributed by atoms with E-state index in [4.69, 9.17) is 18.5 Å². The Hall–Kier alpha value is -0.500. The highest BCUT2D eigenvalue weighted by Gasteiger charge is 2.26. The van der Waals surface area contributed by atoms with Crippen molar-refractivity contribution in [1.82, 2.24) is 0 Å². The van der Waals surface area contributed by atoms with Crippen LogP contribution < -0.4 is 0 Å². The zero-order valence-corrected chi connectivity index (χ0v) is 27.0. The van der Waals surface area contributed by atoms with Gasteiger partial charge in [0.15, 0.2) is 0 Å². The summed E-state index contributed by atoms with van der Waals surface area (Å²) in [5.41, 5.74) is 0. The Kier molecular flexibility index (Phi) is 24.9. The summed E-state index contributed by atoms with van der Waals surface area (Å²) in [4.78, 5) is 21.4. The molecule has 0 radical (unpaired) electrons. The van der Waals surface area contributed by atoms with Gasteiger partial charge in [0.1, 0.15) is 19.3 Å². The third-order valence-electron chi connectivity index (χ3n) is 7.61. The highest BCUT2D eigenvalue weighted by molar-refractivity contribution is 7.47. The van der Waals surface area contributed by atoms with E-state index in [2.05, 4.69) is 27.8 Å². The number of likely N-dealkylation sites (N-methyl/N-ethyl adjacent to an activating group) is 1. The average molecular weight is 581 g/mol. The fraction of sp³-hybridized carbons (Fsp3) is 0.967. The quantitative estimate of drug-likeness (QED) is 0.0417. The van der Waals surface area contributed by atoms with Crippen molar-refractivity contribution in [1.29, 1.82) is 0 Å². The number of esters is 1. The summed E-state index contributed by atoms with van der Waals surface area (Å²) in [6, 6.07) is 0. The van der Waals surface area contributed by atoms with Gasteiger partial charge in [-0.25, -0.2) is 4.57 Å². The molecule has 0 amide bonds. The fourth-order valence-corrected chi connectivity index (χ4v) is 5.19. The summed E-state index contributed by atoms with van der Waals surface area (Å²) < 4.78 is 34.0. The number of nitrogens with zero attached hydrogens (tertiary/aromatic N) is 1. The minimum absolute atomic E-state index is 0.111. The van der Waals surface area contributed by atoms with Crippen LogP contribution in [0, 0.1) is 0 Å². The number of unbranched alkanes of at least 4 members (excludes halogenated alkanes) is 15. The number of carbonyl (C=O) groups excluding carboxylic acids is 1. The van der Waals surface area contributed by atoms with Crippen LogP contribution in [0.5, 0.6) is 0 Å². The number of rotatable bonds is 29. The first-order chi connectivity index (χ1) is 18.7. The molecule has 9 heteroatoms. The molecule has 0 aliphatic rings. The number of hydrogen-bond acceptors (Lipinski definition) is 6. The van der Waals surface area contributed by atoms with Crippen LogP contribution in [0.4, 0.5) is 0 Å². The maximum absolute atomic E-state index is 12.2. The van der Waals surface area contributed by atoms with Crippen molar-refractivity contribution in [3.05, 3.63) is 0 Å². The van der Waals surface area contributed by atoms with Crippen LogP contribution in [-0.4, -0.2) is 74.6 Å². The molecule has 0 fully saturated rings. The molecule has 0 aromatic heterocycles. The van der Waals surface area contributed by atoms with Gasteiger partial charge in [0.05, 0.1) is 33.4 Å². The van der Waals surface area contributed by atoms with Crippen molar-refractivity contribution in [3.8, 4) is 0 Å². The third kappa shape index (κ3) is 25.0. The summed E-state index contributed by atoms with van der Waals surface area (Å²) in [5, 5.41) is 0. The Morgan fingerprint density at radius 3 is 1.62 bits per heavy atom. The lowest BCUT2D eigenvalue weighted by atomic mass is 10.0. The summed E-state index contributed by atoms with van der Waals surface area (Å²) in [5.74, 6) is -0.484. The van der Waals surface area contributed by atoms with Gasteiger partial charge in [0, 0.05) is 13.5 Å². The zero-order valence-electron chi connectivity index (χ0n) is 26.1. The van der Waals surface area contributed by atoms with Crippen molar-refractivity contribution < 1.29 is 37.3 Å². The van der Waals surface area contributed by atoms with E-state index in [-0.39, 0.29) is 19.8 Å². The smallest absolute Gasteiger partial charge is 0.458 e. The second-order valence-electron chi connectivity index (χ2n) is 11.2. The molecule has 0 saturated carbocycles. The molecule has 0 spiro atoms. The van der Waals surface area contributed by atoms with Crippen molar-refractivity contribution in [2.75, 3.05) is 53.1 Å². The van der Waals surface area contributed by atoms with Crippen LogP contribution in [0.1, 0.15) is 130 Å². The van der Waals surface area contributed by atoms with E-state index in [1.54, 1.807) is 0 Å². The molecule has 0 aromatic rings. The number of ether oxygens (including phenoxy) is 2. The molecule has 0 rings (SSSR count). The Bertz CT molecular complexity index is 616. The normalized spacial score (nSPS) is 14.3. The predicted octanol–water partition coefficient (Wildman–Crippen LogP) is 7.82. The Morgan fingerprint density at radius 2 is 1.18 bits per heavy atom. The largest absolute Gasteiger partial charge is 0.472 e. The molecule has 8 nitrogen and oxygen atoms in total. The van der Waals surface area contributed by atoms with Gasteiger partial charge in [0.25, 0.3) is 0 Å². The first-order valence-electron chi connectivity index (χ1n) is 15.9. The Balaban J connectivity index is 3.81. The molecule has 39 heavy (non-hydrogen) atoms. The highest BCUT2D eigenvalue weighted by Crippen LogP contribution is 2.43. The number of hydrogen-bond donors (Lipinski definition) is 1. The lowest BCUT2D eigenvalue weighted by Crippen LogP contribution is -2.45. The van der Waals surface area contributed by atoms with Gasteiger partial charge in [-0.2, -0.15) is 0 Å². The van der Waals surface area contributed by atoms with Gasteiger partial charge in [-0.05, 0) is 20.3 Å². The number of phosphoric acid groups is 1. The Labute approximate surface area is 240 Å². The van der Waals surface area contributed by atoms with E-state index in [0.29, 0.717) is 13.2 Å². The van der Waals surface area contributed by atoms with E-state index < -0.39 is 19.9 Å². The Morgan fingerprint density at radius 1 is 0.718 bits per heavy atom.